The van der Waals surface area contributed by atoms with Gasteiger partial charge in [0.15, 0.2) is 0 Å². The Kier molecular flexibility index (Phi) is 3.14. The number of carbonyl (C=O) groups is 1. The molecule has 2 N–H and O–H groups in total. The quantitative estimate of drug-likeness (QED) is 0.828. The van der Waals surface area contributed by atoms with Crippen LogP contribution in [-0.4, -0.2) is 41.7 Å². The van der Waals surface area contributed by atoms with Gasteiger partial charge in [0, 0.05) is 31.2 Å². The zero-order chi connectivity index (χ0) is 14.4. The fraction of sp³-hybridized carbons (Fsp3) is 0.588. The Morgan fingerprint density at radius 1 is 1.19 bits per heavy atom. The number of aliphatic hydroxyl groups excluding tert-OH is 1. The highest BCUT2D eigenvalue weighted by Crippen LogP contribution is 2.40. The van der Waals surface area contributed by atoms with Crippen molar-refractivity contribution in [3.05, 3.63) is 29.8 Å². The van der Waals surface area contributed by atoms with Crippen molar-refractivity contribution in [1.82, 2.24) is 4.90 Å². The number of anilines is 1. The van der Waals surface area contributed by atoms with E-state index in [0.717, 1.165) is 50.1 Å². The van der Waals surface area contributed by atoms with E-state index in [1.165, 1.54) is 0 Å². The Bertz CT molecular complexity index is 559. The third kappa shape index (κ3) is 2.13. The summed E-state index contributed by atoms with van der Waals surface area (Å²) in [6, 6.07) is 8.14. The molecular weight excluding hydrogens is 264 g/mol. The van der Waals surface area contributed by atoms with Crippen LogP contribution >= 0.6 is 0 Å². The zero-order valence-corrected chi connectivity index (χ0v) is 12.2. The maximum atomic E-state index is 12.9. The minimum Gasteiger partial charge on any atom is -0.393 e. The number of likely N-dealkylation sites (tertiary alicyclic amines) is 1. The fourth-order valence-electron chi connectivity index (χ4n) is 4.36. The molecule has 0 spiro atoms. The van der Waals surface area contributed by atoms with E-state index in [1.54, 1.807) is 0 Å². The number of fused-ring (bicyclic) bond motifs is 2. The number of amides is 1. The lowest BCUT2D eigenvalue weighted by Crippen LogP contribution is -2.37. The second kappa shape index (κ2) is 5.02. The van der Waals surface area contributed by atoms with Crippen molar-refractivity contribution in [1.29, 1.82) is 0 Å². The molecule has 2 aliphatic heterocycles. The molecule has 1 aromatic carbocycles. The standard InChI is InChI=1S/C17H22N2O2/c20-16-6-5-11-9-19(10-14(11)16)17(21)13-7-8-18-15-4-2-1-3-12(13)15/h1-4,11,13-14,16,18,20H,5-10H2. The predicted octanol–water partition coefficient (Wildman–Crippen LogP) is 1.82. The lowest BCUT2D eigenvalue weighted by atomic mass is 9.90. The summed E-state index contributed by atoms with van der Waals surface area (Å²) >= 11 is 0. The van der Waals surface area contributed by atoms with Crippen LogP contribution in [0.4, 0.5) is 5.69 Å². The van der Waals surface area contributed by atoms with Crippen molar-refractivity contribution >= 4 is 11.6 Å². The predicted molar refractivity (Wildman–Crippen MR) is 81.1 cm³/mol. The van der Waals surface area contributed by atoms with Crippen LogP contribution in [0.1, 0.15) is 30.7 Å². The van der Waals surface area contributed by atoms with Crippen LogP contribution < -0.4 is 5.32 Å². The molecule has 112 valence electrons. The van der Waals surface area contributed by atoms with E-state index in [1.807, 2.05) is 17.0 Å². The highest BCUT2D eigenvalue weighted by Gasteiger charge is 2.44. The number of benzene rings is 1. The van der Waals surface area contributed by atoms with Gasteiger partial charge in [0.05, 0.1) is 12.0 Å². The number of nitrogens with zero attached hydrogens (tertiary/aromatic N) is 1. The van der Waals surface area contributed by atoms with Gasteiger partial charge >= 0.3 is 0 Å². The summed E-state index contributed by atoms with van der Waals surface area (Å²) in [5, 5.41) is 13.4. The molecule has 1 aromatic rings. The first-order valence-electron chi connectivity index (χ1n) is 8.03. The number of para-hydroxylation sites is 1. The van der Waals surface area contributed by atoms with Crippen LogP contribution in [0.2, 0.25) is 0 Å². The van der Waals surface area contributed by atoms with E-state index in [0.29, 0.717) is 11.8 Å². The molecule has 0 aromatic heterocycles. The van der Waals surface area contributed by atoms with Gasteiger partial charge < -0.3 is 15.3 Å². The molecular formula is C17H22N2O2. The number of rotatable bonds is 1. The van der Waals surface area contributed by atoms with E-state index in [2.05, 4.69) is 17.4 Å². The van der Waals surface area contributed by atoms with Gasteiger partial charge in [-0.1, -0.05) is 18.2 Å². The zero-order valence-electron chi connectivity index (χ0n) is 12.2. The number of aliphatic hydroxyl groups is 1. The van der Waals surface area contributed by atoms with Gasteiger partial charge in [-0.25, -0.2) is 0 Å². The molecule has 2 heterocycles. The topological polar surface area (TPSA) is 52.6 Å². The van der Waals surface area contributed by atoms with Crippen LogP contribution in [-0.2, 0) is 4.79 Å². The summed E-state index contributed by atoms with van der Waals surface area (Å²) < 4.78 is 0. The summed E-state index contributed by atoms with van der Waals surface area (Å²) in [7, 11) is 0. The Labute approximate surface area is 125 Å². The number of hydrogen-bond acceptors (Lipinski definition) is 3. The molecule has 4 heteroatoms. The minimum absolute atomic E-state index is 0.0154. The molecule has 0 bridgehead atoms. The molecule has 4 rings (SSSR count). The number of hydrogen-bond donors (Lipinski definition) is 2. The first-order valence-corrected chi connectivity index (χ1v) is 8.03. The average molecular weight is 286 g/mol. The Morgan fingerprint density at radius 2 is 2.05 bits per heavy atom. The van der Waals surface area contributed by atoms with E-state index in [-0.39, 0.29) is 17.9 Å². The van der Waals surface area contributed by atoms with E-state index in [9.17, 15) is 9.90 Å². The Hall–Kier alpha value is -1.55. The van der Waals surface area contributed by atoms with Crippen LogP contribution in [0.5, 0.6) is 0 Å². The SMILES string of the molecule is O=C(C1CCNc2ccccc21)N1CC2CCC(O)C2C1. The van der Waals surface area contributed by atoms with Crippen molar-refractivity contribution in [3.8, 4) is 0 Å². The van der Waals surface area contributed by atoms with Crippen LogP contribution in [0.15, 0.2) is 24.3 Å². The summed E-state index contributed by atoms with van der Waals surface area (Å²) in [6.45, 7) is 2.44. The molecule has 1 saturated carbocycles. The average Bonchev–Trinajstić information content (AvgIpc) is 3.08. The Morgan fingerprint density at radius 3 is 2.90 bits per heavy atom. The summed E-state index contributed by atoms with van der Waals surface area (Å²) in [4.78, 5) is 14.9. The maximum absolute atomic E-state index is 12.9. The molecule has 3 aliphatic rings. The van der Waals surface area contributed by atoms with Crippen molar-refractivity contribution in [2.24, 2.45) is 11.8 Å². The van der Waals surface area contributed by atoms with Crippen molar-refractivity contribution in [3.63, 3.8) is 0 Å². The first-order chi connectivity index (χ1) is 10.2. The molecule has 21 heavy (non-hydrogen) atoms. The van der Waals surface area contributed by atoms with Gasteiger partial charge in [0.25, 0.3) is 0 Å². The third-order valence-electron chi connectivity index (χ3n) is 5.51. The second-order valence-electron chi connectivity index (χ2n) is 6.67. The van der Waals surface area contributed by atoms with Crippen molar-refractivity contribution in [2.75, 3.05) is 25.0 Å². The molecule has 4 unspecified atom stereocenters. The van der Waals surface area contributed by atoms with Crippen LogP contribution in [0.3, 0.4) is 0 Å². The number of carbonyl (C=O) groups excluding carboxylic acids is 1. The Balaban J connectivity index is 1.54. The largest absolute Gasteiger partial charge is 0.393 e. The molecule has 1 amide bonds. The molecule has 1 aliphatic carbocycles. The van der Waals surface area contributed by atoms with E-state index in [4.69, 9.17) is 0 Å². The normalized spacial score (nSPS) is 34.2. The monoisotopic (exact) mass is 286 g/mol. The van der Waals surface area contributed by atoms with Crippen molar-refractivity contribution < 1.29 is 9.90 Å². The maximum Gasteiger partial charge on any atom is 0.230 e. The lowest BCUT2D eigenvalue weighted by Gasteiger charge is -2.29. The fourth-order valence-corrected chi connectivity index (χ4v) is 4.36. The molecule has 4 atom stereocenters. The molecule has 2 fully saturated rings. The highest BCUT2D eigenvalue weighted by molar-refractivity contribution is 5.86. The van der Waals surface area contributed by atoms with Gasteiger partial charge in [-0.15, -0.1) is 0 Å². The van der Waals surface area contributed by atoms with Crippen LogP contribution in [0, 0.1) is 11.8 Å². The van der Waals surface area contributed by atoms with Gasteiger partial charge in [-0.3, -0.25) is 4.79 Å². The lowest BCUT2D eigenvalue weighted by molar-refractivity contribution is -0.132. The van der Waals surface area contributed by atoms with Gasteiger partial charge in [0.1, 0.15) is 0 Å². The second-order valence-corrected chi connectivity index (χ2v) is 6.67. The third-order valence-corrected chi connectivity index (χ3v) is 5.51. The van der Waals surface area contributed by atoms with E-state index < -0.39 is 0 Å². The number of nitrogens with one attached hydrogen (secondary N) is 1. The molecule has 1 saturated heterocycles. The highest BCUT2D eigenvalue weighted by atomic mass is 16.3. The molecule has 4 nitrogen and oxygen atoms in total. The minimum atomic E-state index is -0.201. The van der Waals surface area contributed by atoms with Gasteiger partial charge in [-0.2, -0.15) is 0 Å². The van der Waals surface area contributed by atoms with Crippen molar-refractivity contribution in [2.45, 2.75) is 31.3 Å². The van der Waals surface area contributed by atoms with Gasteiger partial charge in [-0.05, 0) is 36.8 Å². The summed E-state index contributed by atoms with van der Waals surface area (Å²) in [5.41, 5.74) is 2.23. The smallest absolute Gasteiger partial charge is 0.230 e. The van der Waals surface area contributed by atoms with E-state index >= 15 is 0 Å². The van der Waals surface area contributed by atoms with Crippen LogP contribution in [0.25, 0.3) is 0 Å². The van der Waals surface area contributed by atoms with Gasteiger partial charge in [0.2, 0.25) is 5.91 Å². The molecule has 0 radical (unpaired) electrons. The summed E-state index contributed by atoms with van der Waals surface area (Å²) in [5.74, 6) is 1.07. The summed E-state index contributed by atoms with van der Waals surface area (Å²) in [6.07, 6.45) is 2.64. The first kappa shape index (κ1) is 13.1.